The number of aromatic nitrogens is 4. The van der Waals surface area contributed by atoms with Crippen LogP contribution in [0.2, 0.25) is 51.4 Å². The fourth-order valence-corrected chi connectivity index (χ4v) is 7.22. The highest BCUT2D eigenvalue weighted by Crippen LogP contribution is 2.43. The van der Waals surface area contributed by atoms with Crippen molar-refractivity contribution in [3.8, 4) is 11.5 Å². The number of carbonyl (C=O) groups excluding carboxylic acids is 1. The molecule has 0 radical (unpaired) electrons. The van der Waals surface area contributed by atoms with Gasteiger partial charge in [0.2, 0.25) is 0 Å². The fraction of sp³-hybridized carbons (Fsp3) is 0.485. The number of halogens is 4. The minimum atomic E-state index is -4.77. The van der Waals surface area contributed by atoms with Gasteiger partial charge in [-0.05, 0) is 82.7 Å². The van der Waals surface area contributed by atoms with E-state index in [1.807, 2.05) is 4.57 Å². The summed E-state index contributed by atoms with van der Waals surface area (Å²) in [5, 5.41) is 0. The van der Waals surface area contributed by atoms with Crippen molar-refractivity contribution in [1.82, 2.24) is 19.1 Å². The Morgan fingerprint density at radius 3 is 2.26 bits per heavy atom. The third-order valence-corrected chi connectivity index (χ3v) is 12.0. The lowest BCUT2D eigenvalue weighted by atomic mass is 10.0. The zero-order valence-electron chi connectivity index (χ0n) is 27.3. The van der Waals surface area contributed by atoms with Crippen molar-refractivity contribution >= 4 is 48.9 Å². The predicted molar refractivity (Wildman–Crippen MR) is 184 cm³/mol. The minimum absolute atomic E-state index is 0.0956. The van der Waals surface area contributed by atoms with Crippen molar-refractivity contribution in [2.75, 3.05) is 13.2 Å². The molecule has 0 spiro atoms. The van der Waals surface area contributed by atoms with Gasteiger partial charge in [0.25, 0.3) is 0 Å². The van der Waals surface area contributed by atoms with Gasteiger partial charge in [-0.3, -0.25) is 14.3 Å². The zero-order valence-corrected chi connectivity index (χ0v) is 30.9. The van der Waals surface area contributed by atoms with Crippen molar-refractivity contribution in [2.45, 2.75) is 89.8 Å². The second-order valence-electron chi connectivity index (χ2n) is 14.5. The Morgan fingerprint density at radius 2 is 1.65 bits per heavy atom. The Kier molecular flexibility index (Phi) is 10.2. The summed E-state index contributed by atoms with van der Waals surface area (Å²) >= 11 is 3.74. The van der Waals surface area contributed by atoms with Crippen LogP contribution in [0, 0.1) is 0 Å². The average molecular weight is 736 g/mol. The molecule has 0 bridgehead atoms. The summed E-state index contributed by atoms with van der Waals surface area (Å²) in [5.41, 5.74) is 1.81. The molecule has 3 aromatic heterocycles. The highest BCUT2D eigenvalue weighted by atomic mass is 79.9. The normalized spacial score (nSPS) is 14.4. The Balaban J connectivity index is 1.60. The molecule has 248 valence electrons. The summed E-state index contributed by atoms with van der Waals surface area (Å²) in [6.45, 7) is 15.2. The van der Waals surface area contributed by atoms with Crippen LogP contribution in [0.25, 0.3) is 22.6 Å². The number of hydrogen-bond donors (Lipinski definition) is 0. The monoisotopic (exact) mass is 734 g/mol. The summed E-state index contributed by atoms with van der Waals surface area (Å²) in [4.78, 5) is 22.2. The lowest BCUT2D eigenvalue weighted by Gasteiger charge is -2.18. The van der Waals surface area contributed by atoms with E-state index in [1.165, 1.54) is 11.6 Å². The molecule has 7 nitrogen and oxygen atoms in total. The maximum atomic E-state index is 13.8. The van der Waals surface area contributed by atoms with E-state index < -0.39 is 39.4 Å². The molecular weight excluding hydrogens is 693 g/mol. The largest absolute Gasteiger partial charge is 0.434 e. The first-order chi connectivity index (χ1) is 21.5. The van der Waals surface area contributed by atoms with E-state index >= 15 is 0 Å². The summed E-state index contributed by atoms with van der Waals surface area (Å²) in [5.74, 6) is 0.288. The van der Waals surface area contributed by atoms with Crippen LogP contribution < -0.4 is 0 Å². The van der Waals surface area contributed by atoms with Crippen molar-refractivity contribution in [2.24, 2.45) is 0 Å². The molecule has 1 fully saturated rings. The van der Waals surface area contributed by atoms with Crippen LogP contribution in [-0.2, 0) is 29.1 Å². The van der Waals surface area contributed by atoms with Gasteiger partial charge in [0, 0.05) is 51.8 Å². The third-order valence-electron chi connectivity index (χ3n) is 8.03. The van der Waals surface area contributed by atoms with Gasteiger partial charge in [0.15, 0.2) is 17.3 Å². The molecule has 0 aliphatic heterocycles. The molecule has 5 rings (SSSR count). The van der Waals surface area contributed by atoms with E-state index in [9.17, 15) is 18.0 Å². The number of imidazole rings is 1. The Morgan fingerprint density at radius 1 is 1.00 bits per heavy atom. The lowest BCUT2D eigenvalue weighted by Crippen LogP contribution is -2.22. The van der Waals surface area contributed by atoms with E-state index in [0.29, 0.717) is 30.7 Å². The van der Waals surface area contributed by atoms with Gasteiger partial charge in [-0.15, -0.1) is 0 Å². The summed E-state index contributed by atoms with van der Waals surface area (Å²) in [7, 11) is -2.70. The van der Waals surface area contributed by atoms with E-state index in [1.54, 1.807) is 16.8 Å². The topological polar surface area (TPSA) is 71.2 Å². The SMILES string of the molecule is C[Si](C)(C)CCOCn1cc(C(=O)c2cccnc2C(F)(F)F)cc1-c1nc2c(Br)cc(C3CC3)cc2n1COCC[Si](C)(C)C. The summed E-state index contributed by atoms with van der Waals surface area (Å²) in [6.07, 6.45) is 0.108. The van der Waals surface area contributed by atoms with Crippen LogP contribution in [-0.4, -0.2) is 54.2 Å². The molecule has 0 saturated heterocycles. The van der Waals surface area contributed by atoms with Crippen LogP contribution in [0.1, 0.15) is 45.9 Å². The maximum Gasteiger partial charge on any atom is 0.434 e. The van der Waals surface area contributed by atoms with E-state index in [2.05, 4.69) is 72.3 Å². The summed E-state index contributed by atoms with van der Waals surface area (Å²) in [6, 6.07) is 10.3. The van der Waals surface area contributed by atoms with Crippen molar-refractivity contribution in [1.29, 1.82) is 0 Å². The number of pyridine rings is 1. The van der Waals surface area contributed by atoms with Gasteiger partial charge < -0.3 is 14.0 Å². The first-order valence-electron chi connectivity index (χ1n) is 15.6. The van der Waals surface area contributed by atoms with E-state index in [4.69, 9.17) is 14.5 Å². The number of benzene rings is 1. The highest BCUT2D eigenvalue weighted by Gasteiger charge is 2.37. The molecular formula is C33H42BrF3N4O3Si2. The Hall–Kier alpha value is -2.59. The maximum absolute atomic E-state index is 13.8. The van der Waals surface area contributed by atoms with Crippen LogP contribution in [0.15, 0.2) is 47.2 Å². The van der Waals surface area contributed by atoms with Crippen LogP contribution in [0.5, 0.6) is 0 Å². The number of rotatable bonds is 14. The van der Waals surface area contributed by atoms with Gasteiger partial charge in [-0.2, -0.15) is 13.2 Å². The van der Waals surface area contributed by atoms with Crippen LogP contribution in [0.4, 0.5) is 13.2 Å². The molecule has 13 heteroatoms. The standard InChI is InChI=1S/C33H42BrF3N4O3Si2/c1-45(2,3)14-12-43-20-40-19-24(30(42)25-8-7-11-38-31(25)33(35,36)37)18-28(40)32-39-29-26(34)16-23(22-9-10-22)17-27(29)41(32)21-44-13-15-46(4,5)6/h7-8,11,16-19,22H,9-10,12-15,20-21H2,1-6H3. The highest BCUT2D eigenvalue weighted by molar-refractivity contribution is 9.10. The average Bonchev–Trinajstić information content (AvgIpc) is 3.63. The second kappa shape index (κ2) is 13.5. The quantitative estimate of drug-likeness (QED) is 0.0734. The minimum Gasteiger partial charge on any atom is -0.361 e. The number of alkyl halides is 3. The van der Waals surface area contributed by atoms with Gasteiger partial charge in [0.05, 0.1) is 16.8 Å². The van der Waals surface area contributed by atoms with Crippen molar-refractivity contribution < 1.29 is 27.4 Å². The van der Waals surface area contributed by atoms with Gasteiger partial charge in [0.1, 0.15) is 19.0 Å². The number of ether oxygens (including phenoxy) is 2. The molecule has 0 N–H and O–H groups in total. The van der Waals surface area contributed by atoms with Crippen LogP contribution in [0.3, 0.4) is 0 Å². The van der Waals surface area contributed by atoms with E-state index in [-0.39, 0.29) is 19.0 Å². The van der Waals surface area contributed by atoms with E-state index in [0.717, 1.165) is 52.7 Å². The van der Waals surface area contributed by atoms with Gasteiger partial charge >= 0.3 is 6.18 Å². The molecule has 1 aliphatic rings. The molecule has 1 saturated carbocycles. The fourth-order valence-electron chi connectivity index (χ4n) is 5.15. The number of carbonyl (C=O) groups is 1. The van der Waals surface area contributed by atoms with Gasteiger partial charge in [-0.1, -0.05) is 39.3 Å². The number of hydrogen-bond acceptors (Lipinski definition) is 5. The molecule has 0 amide bonds. The molecule has 1 aromatic carbocycles. The summed E-state index contributed by atoms with van der Waals surface area (Å²) < 4.78 is 58.5. The molecule has 46 heavy (non-hydrogen) atoms. The number of ketones is 1. The molecule has 4 aromatic rings. The molecule has 1 aliphatic carbocycles. The first kappa shape index (κ1) is 34.7. The van der Waals surface area contributed by atoms with Crippen molar-refractivity contribution in [3.63, 3.8) is 0 Å². The molecule has 0 unspecified atom stereocenters. The Labute approximate surface area is 278 Å². The van der Waals surface area contributed by atoms with Gasteiger partial charge in [-0.25, -0.2) is 4.98 Å². The first-order valence-corrected chi connectivity index (χ1v) is 23.9. The Bertz CT molecular complexity index is 1720. The second-order valence-corrected chi connectivity index (χ2v) is 26.6. The smallest absolute Gasteiger partial charge is 0.361 e. The zero-order chi connectivity index (χ0) is 33.4. The molecule has 3 heterocycles. The van der Waals surface area contributed by atoms with Crippen LogP contribution >= 0.6 is 15.9 Å². The van der Waals surface area contributed by atoms with Crippen molar-refractivity contribution in [3.05, 3.63) is 69.6 Å². The number of fused-ring (bicyclic) bond motifs is 1. The molecule has 0 atom stereocenters. The third kappa shape index (κ3) is 8.46. The lowest BCUT2D eigenvalue weighted by molar-refractivity contribution is -0.141. The predicted octanol–water partition coefficient (Wildman–Crippen LogP) is 9.41. The number of nitrogens with zero attached hydrogens (tertiary/aromatic N) is 4.